The minimum Gasteiger partial charge on any atom is -0.368 e. The minimum absolute atomic E-state index is 0.232. The number of anilines is 1. The lowest BCUT2D eigenvalue weighted by molar-refractivity contribution is -0.104. The highest BCUT2D eigenvalue weighted by molar-refractivity contribution is 5.32. The fraction of sp³-hybridized carbons (Fsp3) is 0.810. The molecule has 1 aromatic rings. The molecule has 148 valence electrons. The van der Waals surface area contributed by atoms with Crippen LogP contribution in [0.15, 0.2) is 6.20 Å². The van der Waals surface area contributed by atoms with Gasteiger partial charge in [0.25, 0.3) is 0 Å². The Hall–Kier alpha value is -1.24. The van der Waals surface area contributed by atoms with Gasteiger partial charge in [0.2, 0.25) is 5.95 Å². The molecular formula is C21H33N5O. The van der Waals surface area contributed by atoms with Gasteiger partial charge < -0.3 is 20.3 Å². The number of hydrogen-bond acceptors (Lipinski definition) is 6. The highest BCUT2D eigenvalue weighted by Crippen LogP contribution is 2.41. The Morgan fingerprint density at radius 2 is 1.96 bits per heavy atom. The monoisotopic (exact) mass is 371 g/mol. The van der Waals surface area contributed by atoms with Crippen LogP contribution in [0.1, 0.15) is 56.2 Å². The maximum Gasteiger partial charge on any atom is 0.220 e. The first kappa shape index (κ1) is 17.8. The second-order valence-electron chi connectivity index (χ2n) is 9.00. The molecular weight excluding hydrogens is 338 g/mol. The van der Waals surface area contributed by atoms with E-state index in [1.807, 2.05) is 6.20 Å². The van der Waals surface area contributed by atoms with Crippen molar-refractivity contribution in [2.45, 2.75) is 63.0 Å². The lowest BCUT2D eigenvalue weighted by Gasteiger charge is -2.48. The average Bonchev–Trinajstić information content (AvgIpc) is 2.71. The van der Waals surface area contributed by atoms with Crippen LogP contribution in [0.2, 0.25) is 0 Å². The molecule has 5 rings (SSSR count). The molecule has 4 aliphatic heterocycles. The Morgan fingerprint density at radius 1 is 1.11 bits per heavy atom. The van der Waals surface area contributed by atoms with Crippen LogP contribution in [0.3, 0.4) is 0 Å². The van der Waals surface area contributed by atoms with Crippen molar-refractivity contribution in [2.24, 2.45) is 5.92 Å². The molecule has 1 aromatic heterocycles. The van der Waals surface area contributed by atoms with E-state index < -0.39 is 0 Å². The predicted octanol–water partition coefficient (Wildman–Crippen LogP) is 2.19. The Kier molecular flexibility index (Phi) is 4.82. The molecule has 2 atom stereocenters. The Labute approximate surface area is 162 Å². The third-order valence-corrected chi connectivity index (χ3v) is 7.45. The van der Waals surface area contributed by atoms with Gasteiger partial charge in [0.15, 0.2) is 0 Å². The van der Waals surface area contributed by atoms with Crippen molar-refractivity contribution in [2.75, 3.05) is 45.1 Å². The molecule has 0 saturated carbocycles. The molecule has 0 aromatic carbocycles. The number of nitrogens with zero attached hydrogens (tertiary/aromatic N) is 4. The number of nitrogens with two attached hydrogens (primary N) is 1. The van der Waals surface area contributed by atoms with E-state index in [1.165, 1.54) is 57.3 Å². The van der Waals surface area contributed by atoms with Gasteiger partial charge in [0, 0.05) is 31.9 Å². The molecule has 5 heterocycles. The van der Waals surface area contributed by atoms with E-state index in [4.69, 9.17) is 10.5 Å². The Morgan fingerprint density at radius 3 is 2.85 bits per heavy atom. The molecule has 3 saturated heterocycles. The number of nitrogen functional groups attached to an aromatic ring is 1. The first-order valence-electron chi connectivity index (χ1n) is 11.0. The molecule has 27 heavy (non-hydrogen) atoms. The van der Waals surface area contributed by atoms with E-state index in [2.05, 4.69) is 19.8 Å². The number of ether oxygens (including phenoxy) is 1. The highest BCUT2D eigenvalue weighted by atomic mass is 16.5. The lowest BCUT2D eigenvalue weighted by atomic mass is 9.81. The lowest BCUT2D eigenvalue weighted by Crippen LogP contribution is -2.53. The summed E-state index contributed by atoms with van der Waals surface area (Å²) in [5, 5.41) is 0. The number of likely N-dealkylation sites (tertiary alicyclic amines) is 1. The molecule has 4 aliphatic rings. The van der Waals surface area contributed by atoms with E-state index in [1.54, 1.807) is 0 Å². The molecule has 2 N–H and O–H groups in total. The van der Waals surface area contributed by atoms with Crippen molar-refractivity contribution in [1.82, 2.24) is 19.8 Å². The van der Waals surface area contributed by atoms with Gasteiger partial charge in [-0.05, 0) is 69.5 Å². The van der Waals surface area contributed by atoms with Crippen LogP contribution < -0.4 is 5.73 Å². The van der Waals surface area contributed by atoms with Crippen LogP contribution in [-0.4, -0.2) is 65.1 Å². The van der Waals surface area contributed by atoms with Crippen LogP contribution in [0.4, 0.5) is 5.95 Å². The summed E-state index contributed by atoms with van der Waals surface area (Å²) in [5.74, 6) is 1.23. The zero-order valence-corrected chi connectivity index (χ0v) is 16.4. The maximum absolute atomic E-state index is 6.33. The van der Waals surface area contributed by atoms with Gasteiger partial charge in [-0.2, -0.15) is 0 Å². The van der Waals surface area contributed by atoms with Crippen LogP contribution in [0, 0.1) is 5.92 Å². The Balaban J connectivity index is 1.25. The summed E-state index contributed by atoms with van der Waals surface area (Å²) < 4.78 is 6.33. The van der Waals surface area contributed by atoms with Crippen LogP contribution in [0.5, 0.6) is 0 Å². The first-order valence-corrected chi connectivity index (χ1v) is 11.0. The molecule has 0 radical (unpaired) electrons. The minimum atomic E-state index is -0.232. The van der Waals surface area contributed by atoms with Crippen molar-refractivity contribution in [1.29, 1.82) is 0 Å². The molecule has 0 bridgehead atoms. The summed E-state index contributed by atoms with van der Waals surface area (Å²) in [6, 6.07) is 0.836. The molecule has 0 unspecified atom stereocenters. The molecule has 1 spiro atoms. The summed E-state index contributed by atoms with van der Waals surface area (Å²) in [6.07, 6.45) is 11.9. The van der Waals surface area contributed by atoms with E-state index in [0.717, 1.165) is 56.6 Å². The first-order chi connectivity index (χ1) is 13.2. The summed E-state index contributed by atoms with van der Waals surface area (Å²) in [7, 11) is 0. The average molecular weight is 372 g/mol. The maximum atomic E-state index is 6.33. The zero-order valence-electron chi connectivity index (χ0n) is 16.4. The van der Waals surface area contributed by atoms with E-state index in [-0.39, 0.29) is 5.60 Å². The summed E-state index contributed by atoms with van der Waals surface area (Å²) in [4.78, 5) is 14.3. The summed E-state index contributed by atoms with van der Waals surface area (Å²) in [6.45, 7) is 6.90. The molecule has 0 amide bonds. The van der Waals surface area contributed by atoms with Crippen LogP contribution in [-0.2, 0) is 16.8 Å². The smallest absolute Gasteiger partial charge is 0.220 e. The van der Waals surface area contributed by atoms with Crippen LogP contribution >= 0.6 is 0 Å². The standard InChI is InChI=1S/C21H33N5O/c22-20-23-14-16-6-13-27-21(19(16)24-20)7-11-25(12-8-21)15-17-4-3-10-26-9-2-1-5-18(17)26/h14,17-18H,1-13,15H2,(H2,22,23,24)/t17-,18+/m0/s1. The van der Waals surface area contributed by atoms with Crippen molar-refractivity contribution in [3.8, 4) is 0 Å². The predicted molar refractivity (Wildman–Crippen MR) is 105 cm³/mol. The van der Waals surface area contributed by atoms with Crippen molar-refractivity contribution in [3.05, 3.63) is 17.5 Å². The van der Waals surface area contributed by atoms with Crippen molar-refractivity contribution in [3.63, 3.8) is 0 Å². The summed E-state index contributed by atoms with van der Waals surface area (Å²) >= 11 is 0. The van der Waals surface area contributed by atoms with Crippen molar-refractivity contribution < 1.29 is 4.74 Å². The van der Waals surface area contributed by atoms with Gasteiger partial charge in [-0.1, -0.05) is 6.42 Å². The van der Waals surface area contributed by atoms with E-state index >= 15 is 0 Å². The fourth-order valence-corrected chi connectivity index (χ4v) is 6.02. The highest BCUT2D eigenvalue weighted by Gasteiger charge is 2.43. The topological polar surface area (TPSA) is 67.5 Å². The van der Waals surface area contributed by atoms with Gasteiger partial charge in [0.05, 0.1) is 12.3 Å². The Bertz CT molecular complexity index is 671. The zero-order chi connectivity index (χ0) is 18.3. The molecule has 6 heteroatoms. The third kappa shape index (κ3) is 3.36. The largest absolute Gasteiger partial charge is 0.368 e. The van der Waals surface area contributed by atoms with Crippen LogP contribution in [0.25, 0.3) is 0 Å². The third-order valence-electron chi connectivity index (χ3n) is 7.45. The molecule has 6 nitrogen and oxygen atoms in total. The normalized spacial score (nSPS) is 31.4. The van der Waals surface area contributed by atoms with Gasteiger partial charge in [0.1, 0.15) is 5.60 Å². The SMILES string of the molecule is Nc1ncc2c(n1)C1(CCN(C[C@@H]3CCCN4CCCC[C@H]34)CC1)OCC2. The summed E-state index contributed by atoms with van der Waals surface area (Å²) in [5.41, 5.74) is 7.96. The quantitative estimate of drug-likeness (QED) is 0.860. The molecule has 0 aliphatic carbocycles. The fourth-order valence-electron chi connectivity index (χ4n) is 6.02. The van der Waals surface area contributed by atoms with Gasteiger partial charge >= 0.3 is 0 Å². The number of fused-ring (bicyclic) bond motifs is 3. The number of piperidine rings is 3. The van der Waals surface area contributed by atoms with Crippen molar-refractivity contribution >= 4 is 5.95 Å². The van der Waals surface area contributed by atoms with E-state index in [9.17, 15) is 0 Å². The number of hydrogen-bond donors (Lipinski definition) is 1. The second kappa shape index (κ2) is 7.30. The number of aromatic nitrogens is 2. The van der Waals surface area contributed by atoms with E-state index in [0.29, 0.717) is 5.95 Å². The van der Waals surface area contributed by atoms with Gasteiger partial charge in [-0.15, -0.1) is 0 Å². The van der Waals surface area contributed by atoms with Gasteiger partial charge in [-0.25, -0.2) is 9.97 Å². The second-order valence-corrected chi connectivity index (χ2v) is 9.00. The van der Waals surface area contributed by atoms with Gasteiger partial charge in [-0.3, -0.25) is 0 Å². The number of rotatable bonds is 2. The molecule has 3 fully saturated rings.